The summed E-state index contributed by atoms with van der Waals surface area (Å²) in [4.78, 5) is 9.94. The molecule has 0 aliphatic carbocycles. The Balaban J connectivity index is 3.46. The van der Waals surface area contributed by atoms with E-state index in [-0.39, 0.29) is 0 Å². The molecule has 0 heterocycles. The van der Waals surface area contributed by atoms with Crippen molar-refractivity contribution in [3.63, 3.8) is 0 Å². The second-order valence-corrected chi connectivity index (χ2v) is 4.59. The summed E-state index contributed by atoms with van der Waals surface area (Å²) in [5, 5.41) is -0.403. The summed E-state index contributed by atoms with van der Waals surface area (Å²) in [5.41, 5.74) is 0. The van der Waals surface area contributed by atoms with Crippen LogP contribution in [0.25, 0.3) is 0 Å². The van der Waals surface area contributed by atoms with E-state index < -0.39 is 28.3 Å². The Morgan fingerprint density at radius 3 is 2.23 bits per heavy atom. The topological polar surface area (TPSA) is 94.5 Å². The molecular weight excluding hydrogens is 215 g/mol. The van der Waals surface area contributed by atoms with Crippen molar-refractivity contribution in [3.05, 3.63) is 24.3 Å². The Morgan fingerprint density at radius 2 is 1.85 bits per heavy atom. The van der Waals surface area contributed by atoms with Crippen molar-refractivity contribution in [2.24, 2.45) is 0 Å². The minimum atomic E-state index is -4.46. The Morgan fingerprint density at radius 1 is 1.31 bits per heavy atom. The number of benzene rings is 1. The molecule has 0 bridgehead atoms. The zero-order chi connectivity index (χ0) is 10.1. The smallest absolute Gasteiger partial charge is 0.350 e. The van der Waals surface area contributed by atoms with Crippen LogP contribution in [0, 0.1) is 0 Å². The van der Waals surface area contributed by atoms with Crippen LogP contribution in [0.1, 0.15) is 0 Å². The second kappa shape index (κ2) is 3.51. The van der Waals surface area contributed by atoms with E-state index >= 15 is 0 Å². The summed E-state index contributed by atoms with van der Waals surface area (Å²) < 4.78 is 40.4. The third-order valence-electron chi connectivity index (χ3n) is 1.34. The normalized spacial score (nSPS) is 12.6. The van der Waals surface area contributed by atoms with Gasteiger partial charge in [-0.1, -0.05) is 16.7 Å². The highest BCUT2D eigenvalue weighted by Crippen LogP contribution is 2.15. The van der Waals surface area contributed by atoms with Gasteiger partial charge in [-0.2, -0.15) is 8.42 Å². The van der Waals surface area contributed by atoms with E-state index in [1.807, 2.05) is 0 Å². The van der Waals surface area contributed by atoms with E-state index in [1.54, 1.807) is 0 Å². The predicted octanol–water partition coefficient (Wildman–Crippen LogP) is -0.339. The Kier molecular flexibility index (Phi) is 2.77. The monoisotopic (exact) mass is 220 g/mol. The van der Waals surface area contributed by atoms with Crippen molar-refractivity contribution in [1.82, 2.24) is 0 Å². The SMILES string of the molecule is O=[P+]([O-])c1ccccc1S(=O)(=O)O. The van der Waals surface area contributed by atoms with Crippen molar-refractivity contribution in [1.29, 1.82) is 0 Å². The minimum absolute atomic E-state index is 0.403. The Bertz CT molecular complexity index is 438. The molecular formula is C6H5O5PS. The maximum absolute atomic E-state index is 10.6. The number of hydrogen-bond donors (Lipinski definition) is 1. The Labute approximate surface area is 75.6 Å². The molecule has 0 amide bonds. The highest BCUT2D eigenvalue weighted by atomic mass is 32.2. The summed E-state index contributed by atoms with van der Waals surface area (Å²) in [6, 6.07) is 4.82. The molecule has 1 aromatic rings. The van der Waals surface area contributed by atoms with Gasteiger partial charge in [0.05, 0.1) is 0 Å². The van der Waals surface area contributed by atoms with Gasteiger partial charge in [-0.15, -0.1) is 0 Å². The second-order valence-electron chi connectivity index (χ2n) is 2.20. The van der Waals surface area contributed by atoms with Crippen molar-refractivity contribution in [2.75, 3.05) is 0 Å². The minimum Gasteiger partial charge on any atom is -0.591 e. The summed E-state index contributed by atoms with van der Waals surface area (Å²) in [6.07, 6.45) is 0. The molecule has 70 valence electrons. The molecule has 7 heteroatoms. The molecule has 0 aliphatic rings. The molecule has 13 heavy (non-hydrogen) atoms. The van der Waals surface area contributed by atoms with Crippen molar-refractivity contribution in [2.45, 2.75) is 4.90 Å². The molecule has 0 saturated carbocycles. The third kappa shape index (κ3) is 2.32. The van der Waals surface area contributed by atoms with Crippen LogP contribution in [-0.4, -0.2) is 13.0 Å². The number of hydrogen-bond acceptors (Lipinski definition) is 4. The maximum atomic E-state index is 10.6. The van der Waals surface area contributed by atoms with Crippen molar-refractivity contribution < 1.29 is 22.4 Å². The molecule has 1 aromatic carbocycles. The van der Waals surface area contributed by atoms with Gasteiger partial charge in [-0.25, -0.2) is 0 Å². The molecule has 0 spiro atoms. The molecule has 1 atom stereocenters. The molecule has 0 aliphatic heterocycles. The van der Waals surface area contributed by atoms with Crippen LogP contribution in [0.15, 0.2) is 29.2 Å². The quantitative estimate of drug-likeness (QED) is 0.543. The molecule has 1 unspecified atom stereocenters. The first kappa shape index (κ1) is 10.3. The summed E-state index contributed by atoms with van der Waals surface area (Å²) in [6.45, 7) is 0. The van der Waals surface area contributed by atoms with E-state index in [0.29, 0.717) is 0 Å². The molecule has 0 aromatic heterocycles. The van der Waals surface area contributed by atoms with Gasteiger partial charge in [-0.05, 0) is 12.1 Å². The lowest BCUT2D eigenvalue weighted by molar-refractivity contribution is -0.160. The van der Waals surface area contributed by atoms with E-state index in [1.165, 1.54) is 12.1 Å². The molecule has 0 saturated heterocycles. The third-order valence-corrected chi connectivity index (χ3v) is 3.19. The highest BCUT2D eigenvalue weighted by Gasteiger charge is 2.22. The summed E-state index contributed by atoms with van der Waals surface area (Å²) in [5.74, 6) is 0. The van der Waals surface area contributed by atoms with E-state index in [9.17, 15) is 17.9 Å². The average Bonchev–Trinajstić information content (AvgIpc) is 2.03. The average molecular weight is 220 g/mol. The van der Waals surface area contributed by atoms with Crippen molar-refractivity contribution >= 4 is 23.5 Å². The van der Waals surface area contributed by atoms with E-state index in [4.69, 9.17) is 4.55 Å². The fraction of sp³-hybridized carbons (Fsp3) is 0. The predicted molar refractivity (Wildman–Crippen MR) is 43.5 cm³/mol. The zero-order valence-corrected chi connectivity index (χ0v) is 7.96. The number of rotatable bonds is 2. The van der Waals surface area contributed by atoms with Gasteiger partial charge in [-0.3, -0.25) is 4.55 Å². The van der Waals surface area contributed by atoms with E-state index in [0.717, 1.165) is 12.1 Å². The van der Waals surface area contributed by atoms with Gasteiger partial charge < -0.3 is 4.89 Å². The van der Waals surface area contributed by atoms with Gasteiger partial charge in [0.15, 0.2) is 0 Å². The molecule has 5 nitrogen and oxygen atoms in total. The molecule has 1 N–H and O–H groups in total. The van der Waals surface area contributed by atoms with Crippen LogP contribution in [-0.2, 0) is 14.7 Å². The van der Waals surface area contributed by atoms with Crippen LogP contribution in [0.3, 0.4) is 0 Å². The fourth-order valence-corrected chi connectivity index (χ4v) is 2.44. The highest BCUT2D eigenvalue weighted by molar-refractivity contribution is 7.86. The molecule has 0 fully saturated rings. The van der Waals surface area contributed by atoms with Crippen LogP contribution < -0.4 is 10.2 Å². The lowest BCUT2D eigenvalue weighted by Crippen LogP contribution is -2.14. The van der Waals surface area contributed by atoms with Gasteiger partial charge >= 0.3 is 8.03 Å². The summed E-state index contributed by atoms with van der Waals surface area (Å²) >= 11 is 0. The van der Waals surface area contributed by atoms with Gasteiger partial charge in [0.25, 0.3) is 10.1 Å². The standard InChI is InChI=1S/C6H5O5PS/c7-12(8)5-3-1-2-4-6(5)13(9,10)11/h1-4H,(H,9,10,11). The van der Waals surface area contributed by atoms with Gasteiger partial charge in [0.2, 0.25) is 5.30 Å². The molecule has 1 rings (SSSR count). The van der Waals surface area contributed by atoms with Crippen LogP contribution >= 0.6 is 8.03 Å². The van der Waals surface area contributed by atoms with Crippen LogP contribution in [0.5, 0.6) is 0 Å². The summed E-state index contributed by atoms with van der Waals surface area (Å²) in [7, 11) is -7.48. The Hall–Kier alpha value is -0.810. The first-order valence-electron chi connectivity index (χ1n) is 3.14. The van der Waals surface area contributed by atoms with Crippen molar-refractivity contribution in [3.8, 4) is 0 Å². The first-order valence-corrected chi connectivity index (χ1v) is 5.75. The lowest BCUT2D eigenvalue weighted by atomic mass is 10.4. The largest absolute Gasteiger partial charge is 0.591 e. The van der Waals surface area contributed by atoms with Gasteiger partial charge in [0, 0.05) is 0 Å². The van der Waals surface area contributed by atoms with Gasteiger partial charge in [0.1, 0.15) is 4.90 Å². The van der Waals surface area contributed by atoms with Crippen LogP contribution in [0.4, 0.5) is 0 Å². The first-order chi connectivity index (χ1) is 5.93. The maximum Gasteiger partial charge on any atom is 0.350 e. The molecule has 0 radical (unpaired) electrons. The van der Waals surface area contributed by atoms with E-state index in [2.05, 4.69) is 0 Å². The fourth-order valence-electron chi connectivity index (χ4n) is 0.826. The zero-order valence-electron chi connectivity index (χ0n) is 6.25. The lowest BCUT2D eigenvalue weighted by Gasteiger charge is -1.97. The van der Waals surface area contributed by atoms with Crippen LogP contribution in [0.2, 0.25) is 0 Å².